The predicted octanol–water partition coefficient (Wildman–Crippen LogP) is 2.06. The standard InChI is InChI=1S/C12H27NO2/c1-11(2)7-9-15-8-5-6-12(13-3)10-14-4/h11-13H,5-10H2,1-4H3. The summed E-state index contributed by atoms with van der Waals surface area (Å²) in [6.07, 6.45) is 3.38. The molecule has 0 fully saturated rings. The number of likely N-dealkylation sites (N-methyl/N-ethyl adjacent to an activating group) is 1. The van der Waals surface area contributed by atoms with Gasteiger partial charge in [0.2, 0.25) is 0 Å². The molecule has 0 aromatic carbocycles. The fourth-order valence-corrected chi connectivity index (χ4v) is 1.37. The van der Waals surface area contributed by atoms with Crippen molar-refractivity contribution >= 4 is 0 Å². The van der Waals surface area contributed by atoms with Gasteiger partial charge in [0.15, 0.2) is 0 Å². The zero-order valence-electron chi connectivity index (χ0n) is 10.7. The molecule has 1 atom stereocenters. The molecule has 0 bridgehead atoms. The molecule has 0 saturated carbocycles. The molecule has 0 aliphatic carbocycles. The van der Waals surface area contributed by atoms with Crippen LogP contribution in [0.2, 0.25) is 0 Å². The van der Waals surface area contributed by atoms with Crippen LogP contribution in [0.3, 0.4) is 0 Å². The topological polar surface area (TPSA) is 30.5 Å². The van der Waals surface area contributed by atoms with E-state index in [1.165, 1.54) is 0 Å². The third-order valence-corrected chi connectivity index (χ3v) is 2.46. The second kappa shape index (κ2) is 10.4. The van der Waals surface area contributed by atoms with E-state index in [2.05, 4.69) is 19.2 Å². The van der Waals surface area contributed by atoms with Crippen LogP contribution in [0.15, 0.2) is 0 Å². The Kier molecular flexibility index (Phi) is 10.3. The molecule has 1 N–H and O–H groups in total. The molecule has 0 aliphatic heterocycles. The van der Waals surface area contributed by atoms with Crippen molar-refractivity contribution in [1.29, 1.82) is 0 Å². The summed E-state index contributed by atoms with van der Waals surface area (Å²) < 4.78 is 10.7. The number of nitrogens with one attached hydrogen (secondary N) is 1. The van der Waals surface area contributed by atoms with Crippen LogP contribution in [-0.4, -0.2) is 40.0 Å². The highest BCUT2D eigenvalue weighted by Gasteiger charge is 2.04. The van der Waals surface area contributed by atoms with Gasteiger partial charge in [-0.25, -0.2) is 0 Å². The summed E-state index contributed by atoms with van der Waals surface area (Å²) in [4.78, 5) is 0. The summed E-state index contributed by atoms with van der Waals surface area (Å²) in [7, 11) is 3.72. The zero-order chi connectivity index (χ0) is 11.5. The van der Waals surface area contributed by atoms with Crippen LogP contribution in [0.25, 0.3) is 0 Å². The summed E-state index contributed by atoms with van der Waals surface area (Å²) in [6, 6.07) is 0.462. The minimum atomic E-state index is 0.462. The summed E-state index contributed by atoms with van der Waals surface area (Å²) in [6.45, 7) is 6.99. The molecule has 0 heterocycles. The van der Waals surface area contributed by atoms with Gasteiger partial charge in [0, 0.05) is 26.4 Å². The molecular weight excluding hydrogens is 190 g/mol. The lowest BCUT2D eigenvalue weighted by Crippen LogP contribution is -2.30. The summed E-state index contributed by atoms with van der Waals surface area (Å²) in [5.74, 6) is 0.739. The number of rotatable bonds is 10. The van der Waals surface area contributed by atoms with E-state index < -0.39 is 0 Å². The van der Waals surface area contributed by atoms with E-state index in [1.54, 1.807) is 7.11 Å². The van der Waals surface area contributed by atoms with Crippen molar-refractivity contribution in [3.05, 3.63) is 0 Å². The van der Waals surface area contributed by atoms with Crippen LogP contribution in [0.5, 0.6) is 0 Å². The Morgan fingerprint density at radius 1 is 1.13 bits per heavy atom. The number of hydrogen-bond donors (Lipinski definition) is 1. The van der Waals surface area contributed by atoms with Crippen LogP contribution in [0.4, 0.5) is 0 Å². The molecule has 0 aromatic heterocycles. The molecule has 0 aromatic rings. The van der Waals surface area contributed by atoms with Crippen LogP contribution in [0.1, 0.15) is 33.1 Å². The fraction of sp³-hybridized carbons (Fsp3) is 1.00. The van der Waals surface area contributed by atoms with E-state index >= 15 is 0 Å². The molecule has 0 saturated heterocycles. The quantitative estimate of drug-likeness (QED) is 0.568. The normalized spacial score (nSPS) is 13.4. The van der Waals surface area contributed by atoms with E-state index in [1.807, 2.05) is 7.05 Å². The van der Waals surface area contributed by atoms with E-state index in [4.69, 9.17) is 9.47 Å². The molecule has 0 amide bonds. The van der Waals surface area contributed by atoms with E-state index in [-0.39, 0.29) is 0 Å². The molecule has 0 rings (SSSR count). The van der Waals surface area contributed by atoms with Crippen LogP contribution >= 0.6 is 0 Å². The molecule has 0 aliphatic rings. The van der Waals surface area contributed by atoms with E-state index in [0.29, 0.717) is 6.04 Å². The maximum Gasteiger partial charge on any atom is 0.0615 e. The molecule has 0 radical (unpaired) electrons. The monoisotopic (exact) mass is 217 g/mol. The van der Waals surface area contributed by atoms with E-state index in [9.17, 15) is 0 Å². The number of methoxy groups -OCH3 is 1. The number of ether oxygens (including phenoxy) is 2. The summed E-state index contributed by atoms with van der Waals surface area (Å²) in [5.41, 5.74) is 0. The molecule has 0 spiro atoms. The van der Waals surface area contributed by atoms with Gasteiger partial charge in [0.1, 0.15) is 0 Å². The van der Waals surface area contributed by atoms with Gasteiger partial charge in [0.25, 0.3) is 0 Å². The lowest BCUT2D eigenvalue weighted by Gasteiger charge is -2.14. The van der Waals surface area contributed by atoms with Gasteiger partial charge in [-0.05, 0) is 32.2 Å². The van der Waals surface area contributed by atoms with Crippen LogP contribution in [-0.2, 0) is 9.47 Å². The Bertz CT molecular complexity index is 129. The molecule has 92 valence electrons. The molecule has 15 heavy (non-hydrogen) atoms. The first-order valence-electron chi connectivity index (χ1n) is 5.94. The average molecular weight is 217 g/mol. The van der Waals surface area contributed by atoms with Gasteiger partial charge in [-0.15, -0.1) is 0 Å². The Morgan fingerprint density at radius 3 is 2.40 bits per heavy atom. The third kappa shape index (κ3) is 10.2. The van der Waals surface area contributed by atoms with Crippen molar-refractivity contribution in [2.45, 2.75) is 39.2 Å². The average Bonchev–Trinajstić information content (AvgIpc) is 2.21. The van der Waals surface area contributed by atoms with Crippen molar-refractivity contribution in [1.82, 2.24) is 5.32 Å². The fourth-order valence-electron chi connectivity index (χ4n) is 1.37. The van der Waals surface area contributed by atoms with E-state index in [0.717, 1.165) is 45.0 Å². The minimum absolute atomic E-state index is 0.462. The Morgan fingerprint density at radius 2 is 1.87 bits per heavy atom. The first kappa shape index (κ1) is 14.9. The van der Waals surface area contributed by atoms with Crippen molar-refractivity contribution in [3.63, 3.8) is 0 Å². The lowest BCUT2D eigenvalue weighted by atomic mass is 10.1. The highest BCUT2D eigenvalue weighted by molar-refractivity contribution is 4.62. The lowest BCUT2D eigenvalue weighted by molar-refractivity contribution is 0.111. The predicted molar refractivity (Wildman–Crippen MR) is 64.2 cm³/mol. The zero-order valence-corrected chi connectivity index (χ0v) is 10.7. The Balaban J connectivity index is 3.21. The Labute approximate surface area is 94.5 Å². The third-order valence-electron chi connectivity index (χ3n) is 2.46. The highest BCUT2D eigenvalue weighted by Crippen LogP contribution is 2.01. The maximum atomic E-state index is 5.55. The van der Waals surface area contributed by atoms with Gasteiger partial charge >= 0.3 is 0 Å². The summed E-state index contributed by atoms with van der Waals surface area (Å²) >= 11 is 0. The van der Waals surface area contributed by atoms with Crippen LogP contribution < -0.4 is 5.32 Å². The minimum Gasteiger partial charge on any atom is -0.383 e. The van der Waals surface area contributed by atoms with Gasteiger partial charge in [0.05, 0.1) is 6.61 Å². The van der Waals surface area contributed by atoms with Crippen molar-refractivity contribution in [2.24, 2.45) is 5.92 Å². The molecule has 3 heteroatoms. The van der Waals surface area contributed by atoms with Crippen molar-refractivity contribution in [2.75, 3.05) is 34.0 Å². The first-order chi connectivity index (χ1) is 7.20. The number of hydrogen-bond acceptors (Lipinski definition) is 3. The molecule has 1 unspecified atom stereocenters. The van der Waals surface area contributed by atoms with Crippen molar-refractivity contribution < 1.29 is 9.47 Å². The first-order valence-corrected chi connectivity index (χ1v) is 5.94. The smallest absolute Gasteiger partial charge is 0.0615 e. The van der Waals surface area contributed by atoms with Gasteiger partial charge < -0.3 is 14.8 Å². The second-order valence-electron chi connectivity index (χ2n) is 4.38. The largest absolute Gasteiger partial charge is 0.383 e. The second-order valence-corrected chi connectivity index (χ2v) is 4.38. The van der Waals surface area contributed by atoms with Crippen molar-refractivity contribution in [3.8, 4) is 0 Å². The molecule has 3 nitrogen and oxygen atoms in total. The van der Waals surface area contributed by atoms with Gasteiger partial charge in [-0.1, -0.05) is 13.8 Å². The molecular formula is C12H27NO2. The van der Waals surface area contributed by atoms with Gasteiger partial charge in [-0.2, -0.15) is 0 Å². The summed E-state index contributed by atoms with van der Waals surface area (Å²) in [5, 5.41) is 3.23. The van der Waals surface area contributed by atoms with Gasteiger partial charge in [-0.3, -0.25) is 0 Å². The SMILES string of the molecule is CNC(CCCOCCC(C)C)COC. The maximum absolute atomic E-state index is 5.55. The Hall–Kier alpha value is -0.120. The highest BCUT2D eigenvalue weighted by atomic mass is 16.5. The van der Waals surface area contributed by atoms with Crippen LogP contribution in [0, 0.1) is 5.92 Å².